The van der Waals surface area contributed by atoms with E-state index in [9.17, 15) is 0 Å². The first-order valence-corrected chi connectivity index (χ1v) is 12.9. The van der Waals surface area contributed by atoms with E-state index in [1.54, 1.807) is 0 Å². The zero-order valence-electron chi connectivity index (χ0n) is 20.4. The lowest BCUT2D eigenvalue weighted by molar-refractivity contribution is 0.00396. The number of ether oxygens (including phenoxy) is 1. The second-order valence-electron chi connectivity index (χ2n) is 10.4. The molecule has 35 heavy (non-hydrogen) atoms. The van der Waals surface area contributed by atoms with Crippen molar-refractivity contribution in [3.8, 4) is 11.3 Å². The molecular formula is C28H30N6O. The summed E-state index contributed by atoms with van der Waals surface area (Å²) in [5.74, 6) is 1.06. The minimum atomic E-state index is 0.0230. The molecule has 2 aliphatic carbocycles. The Balaban J connectivity index is 1.29. The van der Waals surface area contributed by atoms with Gasteiger partial charge in [-0.25, -0.2) is 19.9 Å². The van der Waals surface area contributed by atoms with Gasteiger partial charge in [0.1, 0.15) is 17.0 Å². The smallest absolute Gasteiger partial charge is 0.182 e. The van der Waals surface area contributed by atoms with Gasteiger partial charge in [-0.05, 0) is 76.0 Å². The minimum Gasteiger partial charge on any atom is -0.373 e. The van der Waals surface area contributed by atoms with Gasteiger partial charge in [-0.15, -0.1) is 0 Å². The van der Waals surface area contributed by atoms with Gasteiger partial charge in [-0.3, -0.25) is 4.68 Å². The van der Waals surface area contributed by atoms with E-state index in [1.165, 1.54) is 36.8 Å². The first kappa shape index (κ1) is 21.1. The summed E-state index contributed by atoms with van der Waals surface area (Å²) in [7, 11) is 0. The van der Waals surface area contributed by atoms with Gasteiger partial charge in [0, 0.05) is 29.8 Å². The van der Waals surface area contributed by atoms with Crippen LogP contribution >= 0.6 is 0 Å². The Bertz CT molecular complexity index is 1440. The molecule has 0 spiro atoms. The molecule has 178 valence electrons. The Kier molecular flexibility index (Phi) is 4.94. The molecule has 3 aliphatic rings. The third-order valence-electron chi connectivity index (χ3n) is 7.89. The molecule has 1 saturated heterocycles. The summed E-state index contributed by atoms with van der Waals surface area (Å²) in [6, 6.07) is 7.35. The van der Waals surface area contributed by atoms with Crippen LogP contribution in [0.25, 0.3) is 22.4 Å². The van der Waals surface area contributed by atoms with Crippen molar-refractivity contribution >= 4 is 11.2 Å². The first-order chi connectivity index (χ1) is 17.1. The van der Waals surface area contributed by atoms with E-state index in [0.717, 1.165) is 58.8 Å². The van der Waals surface area contributed by atoms with Crippen LogP contribution in [0.2, 0.25) is 0 Å². The monoisotopic (exact) mass is 466 g/mol. The van der Waals surface area contributed by atoms with Gasteiger partial charge >= 0.3 is 0 Å². The number of hydrogen-bond donors (Lipinski definition) is 0. The molecule has 0 N–H and O–H groups in total. The molecule has 2 atom stereocenters. The van der Waals surface area contributed by atoms with Crippen molar-refractivity contribution in [2.75, 3.05) is 6.61 Å². The number of aromatic nitrogens is 6. The number of rotatable bonds is 4. The van der Waals surface area contributed by atoms with E-state index >= 15 is 0 Å². The van der Waals surface area contributed by atoms with Crippen molar-refractivity contribution in [1.82, 2.24) is 29.7 Å². The highest BCUT2D eigenvalue weighted by Gasteiger charge is 2.31. The number of nitrogens with zero attached hydrogens (tertiary/aromatic N) is 6. The zero-order chi connectivity index (χ0) is 23.5. The molecule has 7 rings (SSSR count). The third kappa shape index (κ3) is 3.82. The molecule has 1 aliphatic heterocycles. The van der Waals surface area contributed by atoms with Crippen LogP contribution in [0.15, 0.2) is 30.6 Å². The van der Waals surface area contributed by atoms with Crippen LogP contribution in [-0.2, 0) is 17.6 Å². The summed E-state index contributed by atoms with van der Waals surface area (Å²) in [6.07, 6.45) is 11.9. The highest BCUT2D eigenvalue weighted by molar-refractivity contribution is 5.87. The Morgan fingerprint density at radius 1 is 0.943 bits per heavy atom. The molecule has 0 amide bonds. The van der Waals surface area contributed by atoms with Crippen LogP contribution < -0.4 is 0 Å². The van der Waals surface area contributed by atoms with E-state index in [4.69, 9.17) is 24.7 Å². The van der Waals surface area contributed by atoms with E-state index in [1.807, 2.05) is 20.0 Å². The van der Waals surface area contributed by atoms with Crippen LogP contribution in [0.5, 0.6) is 0 Å². The van der Waals surface area contributed by atoms with E-state index in [0.29, 0.717) is 18.3 Å². The predicted octanol–water partition coefficient (Wildman–Crippen LogP) is 5.36. The second-order valence-corrected chi connectivity index (χ2v) is 10.4. The number of benzene rings is 1. The van der Waals surface area contributed by atoms with Crippen molar-refractivity contribution in [3.63, 3.8) is 0 Å². The third-order valence-corrected chi connectivity index (χ3v) is 7.89. The SMILES string of the molecule is Cc1nc2nc([C@@H]3CCO[C@H](c4cnn(C5CC5)c4)C3)nc(-c3ccc4c(c3)CCC4)c2nc1C. The Labute approximate surface area is 205 Å². The molecule has 4 heterocycles. The number of aryl methyl sites for hydroxylation is 4. The maximum atomic E-state index is 6.18. The quantitative estimate of drug-likeness (QED) is 0.403. The van der Waals surface area contributed by atoms with Gasteiger partial charge in [0.2, 0.25) is 0 Å². The Morgan fingerprint density at radius 3 is 2.69 bits per heavy atom. The zero-order valence-corrected chi connectivity index (χ0v) is 20.4. The molecular weight excluding hydrogens is 436 g/mol. The summed E-state index contributed by atoms with van der Waals surface area (Å²) in [5, 5.41) is 4.58. The average Bonchev–Trinajstić information content (AvgIpc) is 3.41. The van der Waals surface area contributed by atoms with Crippen LogP contribution in [0.1, 0.15) is 84.1 Å². The van der Waals surface area contributed by atoms with Gasteiger partial charge in [-0.1, -0.05) is 12.1 Å². The summed E-state index contributed by atoms with van der Waals surface area (Å²) in [5.41, 5.74) is 9.41. The fraction of sp³-hybridized carbons (Fsp3) is 0.464. The standard InChI is InChI=1S/C28H30N6O/c1-16-17(2)31-28-26(30-16)25(20-7-6-18-4-3-5-19(18)12-20)32-27(33-28)21-10-11-35-24(13-21)22-14-29-34(15-22)23-8-9-23/h6-7,12,14-15,21,23-24H,3-5,8-11,13H2,1-2H3/t21-,24+/m1/s1. The molecule has 3 aromatic heterocycles. The highest BCUT2D eigenvalue weighted by Crippen LogP contribution is 2.40. The number of fused-ring (bicyclic) bond motifs is 2. The molecule has 0 unspecified atom stereocenters. The van der Waals surface area contributed by atoms with Crippen LogP contribution in [0, 0.1) is 13.8 Å². The molecule has 7 heteroatoms. The molecule has 1 saturated carbocycles. The highest BCUT2D eigenvalue weighted by atomic mass is 16.5. The van der Waals surface area contributed by atoms with Gasteiger partial charge in [0.15, 0.2) is 5.65 Å². The van der Waals surface area contributed by atoms with Gasteiger partial charge in [0.25, 0.3) is 0 Å². The lowest BCUT2D eigenvalue weighted by atomic mass is 9.92. The molecule has 4 aromatic rings. The van der Waals surface area contributed by atoms with Crippen molar-refractivity contribution in [2.45, 2.75) is 76.9 Å². The van der Waals surface area contributed by atoms with Crippen molar-refractivity contribution in [2.24, 2.45) is 0 Å². The molecule has 1 aromatic carbocycles. The van der Waals surface area contributed by atoms with Gasteiger partial charge < -0.3 is 4.74 Å². The van der Waals surface area contributed by atoms with E-state index in [-0.39, 0.29) is 12.0 Å². The lowest BCUT2D eigenvalue weighted by Crippen LogP contribution is -2.20. The fourth-order valence-electron chi connectivity index (χ4n) is 5.55. The number of hydrogen-bond acceptors (Lipinski definition) is 6. The van der Waals surface area contributed by atoms with Gasteiger partial charge in [0.05, 0.1) is 29.7 Å². The normalized spacial score (nSPS) is 22.0. The molecule has 2 fully saturated rings. The predicted molar refractivity (Wildman–Crippen MR) is 133 cm³/mol. The Morgan fingerprint density at radius 2 is 1.80 bits per heavy atom. The van der Waals surface area contributed by atoms with Gasteiger partial charge in [-0.2, -0.15) is 5.10 Å². The first-order valence-electron chi connectivity index (χ1n) is 12.9. The largest absolute Gasteiger partial charge is 0.373 e. The second kappa shape index (κ2) is 8.19. The molecule has 0 bridgehead atoms. The van der Waals surface area contributed by atoms with E-state index in [2.05, 4.69) is 34.2 Å². The summed E-state index contributed by atoms with van der Waals surface area (Å²) < 4.78 is 8.28. The van der Waals surface area contributed by atoms with Crippen molar-refractivity contribution in [3.05, 3.63) is 64.5 Å². The molecule has 7 nitrogen and oxygen atoms in total. The maximum Gasteiger partial charge on any atom is 0.182 e. The minimum absolute atomic E-state index is 0.0230. The summed E-state index contributed by atoms with van der Waals surface area (Å²) in [4.78, 5) is 19.9. The molecule has 0 radical (unpaired) electrons. The lowest BCUT2D eigenvalue weighted by Gasteiger charge is -2.28. The summed E-state index contributed by atoms with van der Waals surface area (Å²) >= 11 is 0. The topological polar surface area (TPSA) is 78.6 Å². The Hall–Kier alpha value is -3.19. The van der Waals surface area contributed by atoms with E-state index < -0.39 is 0 Å². The van der Waals surface area contributed by atoms with Crippen molar-refractivity contribution in [1.29, 1.82) is 0 Å². The maximum absolute atomic E-state index is 6.18. The fourth-order valence-corrected chi connectivity index (χ4v) is 5.55. The van der Waals surface area contributed by atoms with Crippen LogP contribution in [-0.4, -0.2) is 36.3 Å². The van der Waals surface area contributed by atoms with Crippen LogP contribution in [0.4, 0.5) is 0 Å². The average molecular weight is 467 g/mol. The summed E-state index contributed by atoms with van der Waals surface area (Å²) in [6.45, 7) is 4.70. The van der Waals surface area contributed by atoms with Crippen LogP contribution in [0.3, 0.4) is 0 Å². The van der Waals surface area contributed by atoms with Crippen molar-refractivity contribution < 1.29 is 4.74 Å².